The number of carbonyl (C=O) groups excluding carboxylic acids is 3. The molecule has 38 heavy (non-hydrogen) atoms. The van der Waals surface area contributed by atoms with E-state index in [1.807, 2.05) is 65.0 Å². The molecule has 2 saturated heterocycles. The molecule has 2 fully saturated rings. The molecule has 210 valence electrons. The van der Waals surface area contributed by atoms with Crippen molar-refractivity contribution in [1.29, 1.82) is 0 Å². The second-order valence-electron chi connectivity index (χ2n) is 11.3. The molecule has 0 radical (unpaired) electrons. The number of nitrogens with zero attached hydrogens (tertiary/aromatic N) is 1. The summed E-state index contributed by atoms with van der Waals surface area (Å²) in [5.41, 5.74) is 1.89. The molecule has 0 N–H and O–H groups in total. The van der Waals surface area contributed by atoms with E-state index in [2.05, 4.69) is 6.58 Å². The largest absolute Gasteiger partial charge is 0.447 e. The van der Waals surface area contributed by atoms with Crippen molar-refractivity contribution in [2.24, 2.45) is 23.7 Å². The highest BCUT2D eigenvalue weighted by molar-refractivity contribution is 6.07. The lowest BCUT2D eigenvalue weighted by Crippen LogP contribution is -2.55. The van der Waals surface area contributed by atoms with Crippen LogP contribution in [0.15, 0.2) is 42.5 Å². The molecule has 2 aliphatic rings. The summed E-state index contributed by atoms with van der Waals surface area (Å²) in [5.74, 6) is -3.53. The van der Waals surface area contributed by atoms with Crippen molar-refractivity contribution in [1.82, 2.24) is 4.90 Å². The number of imide groups is 1. The van der Waals surface area contributed by atoms with Gasteiger partial charge in [-0.25, -0.2) is 9.69 Å². The molecule has 0 spiro atoms. The van der Waals surface area contributed by atoms with Crippen LogP contribution >= 0.6 is 0 Å². The maximum absolute atomic E-state index is 13.6. The minimum Gasteiger partial charge on any atom is -0.447 e. The predicted octanol–water partition coefficient (Wildman–Crippen LogP) is 4.80. The molecular formula is C30H43NO7. The van der Waals surface area contributed by atoms with Crippen molar-refractivity contribution >= 4 is 17.8 Å². The second-order valence-corrected chi connectivity index (χ2v) is 11.3. The highest BCUT2D eigenvalue weighted by Gasteiger charge is 2.48. The van der Waals surface area contributed by atoms with Gasteiger partial charge in [-0.05, 0) is 39.7 Å². The molecule has 3 rings (SSSR count). The first-order chi connectivity index (χ1) is 17.8. The minimum absolute atomic E-state index is 0.0207. The highest BCUT2D eigenvalue weighted by atomic mass is 16.7. The summed E-state index contributed by atoms with van der Waals surface area (Å²) in [5, 5.41) is 0. The van der Waals surface area contributed by atoms with Gasteiger partial charge in [-0.3, -0.25) is 9.59 Å². The Morgan fingerprint density at radius 2 is 1.79 bits per heavy atom. The molecule has 0 bridgehead atoms. The molecule has 8 atom stereocenters. The number of ketones is 1. The number of hydrogen-bond donors (Lipinski definition) is 0. The topological polar surface area (TPSA) is 91.4 Å². The predicted molar refractivity (Wildman–Crippen MR) is 143 cm³/mol. The molecule has 2 aliphatic heterocycles. The van der Waals surface area contributed by atoms with E-state index in [4.69, 9.17) is 18.9 Å². The van der Waals surface area contributed by atoms with Gasteiger partial charge in [0.05, 0.1) is 30.3 Å². The minimum atomic E-state index is -1.04. The summed E-state index contributed by atoms with van der Waals surface area (Å²) in [6, 6.07) is 9.13. The molecule has 0 unspecified atom stereocenters. The smallest absolute Gasteiger partial charge is 0.417 e. The van der Waals surface area contributed by atoms with E-state index in [9.17, 15) is 14.4 Å². The maximum atomic E-state index is 13.6. The van der Waals surface area contributed by atoms with E-state index in [-0.39, 0.29) is 36.4 Å². The van der Waals surface area contributed by atoms with E-state index in [0.29, 0.717) is 6.42 Å². The van der Waals surface area contributed by atoms with Gasteiger partial charge in [-0.2, -0.15) is 0 Å². The number of Topliss-reactive ketones (excluding diaryl/α,β-unsaturated/α-hetero) is 1. The zero-order chi connectivity index (χ0) is 28.4. The second kappa shape index (κ2) is 12.1. The molecule has 0 aliphatic carbocycles. The number of rotatable bonds is 10. The Kier molecular flexibility index (Phi) is 9.55. The molecule has 8 nitrogen and oxygen atoms in total. The van der Waals surface area contributed by atoms with Gasteiger partial charge in [0.2, 0.25) is 5.91 Å². The summed E-state index contributed by atoms with van der Waals surface area (Å²) in [6.45, 7) is 17.2. The quantitative estimate of drug-likeness (QED) is 0.318. The van der Waals surface area contributed by atoms with Crippen LogP contribution in [0.1, 0.15) is 54.0 Å². The lowest BCUT2D eigenvalue weighted by Gasteiger charge is -2.48. The Labute approximate surface area is 226 Å². The van der Waals surface area contributed by atoms with Crippen LogP contribution in [0.3, 0.4) is 0 Å². The Bertz CT molecular complexity index is 1020. The summed E-state index contributed by atoms with van der Waals surface area (Å²) >= 11 is 0. The summed E-state index contributed by atoms with van der Waals surface area (Å²) in [4.78, 5) is 40.7. The van der Waals surface area contributed by atoms with Crippen LogP contribution in [0.25, 0.3) is 0 Å². The van der Waals surface area contributed by atoms with Gasteiger partial charge in [-0.15, -0.1) is 0 Å². The zero-order valence-electron chi connectivity index (χ0n) is 23.9. The monoisotopic (exact) mass is 529 g/mol. The van der Waals surface area contributed by atoms with Crippen molar-refractivity contribution in [2.75, 3.05) is 13.7 Å². The van der Waals surface area contributed by atoms with Crippen molar-refractivity contribution in [3.8, 4) is 0 Å². The number of methoxy groups -OCH3 is 1. The molecule has 1 aromatic rings. The van der Waals surface area contributed by atoms with Gasteiger partial charge >= 0.3 is 6.09 Å². The number of ether oxygens (including phenoxy) is 4. The van der Waals surface area contributed by atoms with Crippen LogP contribution in [0, 0.1) is 23.7 Å². The number of benzene rings is 1. The van der Waals surface area contributed by atoms with Gasteiger partial charge < -0.3 is 18.9 Å². The van der Waals surface area contributed by atoms with Crippen molar-refractivity contribution < 1.29 is 33.3 Å². The maximum Gasteiger partial charge on any atom is 0.417 e. The van der Waals surface area contributed by atoms with Gasteiger partial charge in [0.1, 0.15) is 12.4 Å². The van der Waals surface area contributed by atoms with Crippen LogP contribution in [0.5, 0.6) is 0 Å². The lowest BCUT2D eigenvalue weighted by molar-refractivity contribution is -0.324. The molecule has 2 heterocycles. The van der Waals surface area contributed by atoms with E-state index >= 15 is 0 Å². The highest BCUT2D eigenvalue weighted by Crippen LogP contribution is 2.39. The van der Waals surface area contributed by atoms with E-state index < -0.39 is 41.8 Å². The van der Waals surface area contributed by atoms with Gasteiger partial charge in [0, 0.05) is 24.9 Å². The Balaban J connectivity index is 1.75. The van der Waals surface area contributed by atoms with Crippen LogP contribution < -0.4 is 0 Å². The standard InChI is InChI=1S/C30H43NO7/c1-17(2)25-20(5)27(38-30(7,8)37-25)21(6)26(35-9)18(3)24(32)19(4)28(33)31-23(16-36-29(31)34)15-22-13-11-10-12-14-22/h10-14,18-21,23,25-27H,1,15-16H2,2-9H3/t18-,19-,20+,21+,23-,25-,26+,27+/m0/s1. The van der Waals surface area contributed by atoms with E-state index in [1.54, 1.807) is 21.0 Å². The first-order valence-electron chi connectivity index (χ1n) is 13.4. The van der Waals surface area contributed by atoms with Crippen molar-refractivity contribution in [3.63, 3.8) is 0 Å². The Hall–Kier alpha value is -2.55. The van der Waals surface area contributed by atoms with Crippen LogP contribution in [0.2, 0.25) is 0 Å². The fraction of sp³-hybridized carbons (Fsp3) is 0.633. The molecule has 2 amide bonds. The average Bonchev–Trinajstić information content (AvgIpc) is 3.23. The molecule has 0 saturated carbocycles. The normalized spacial score (nSPS) is 28.2. The van der Waals surface area contributed by atoms with Crippen LogP contribution in [-0.4, -0.2) is 66.5 Å². The van der Waals surface area contributed by atoms with E-state index in [1.165, 1.54) is 0 Å². The van der Waals surface area contributed by atoms with Crippen LogP contribution in [-0.2, 0) is 35.0 Å². The number of carbonyl (C=O) groups is 3. The summed E-state index contributed by atoms with van der Waals surface area (Å²) in [6.07, 6.45) is -1.23. The third-order valence-electron chi connectivity index (χ3n) is 7.87. The zero-order valence-corrected chi connectivity index (χ0v) is 23.9. The van der Waals surface area contributed by atoms with Crippen LogP contribution in [0.4, 0.5) is 4.79 Å². The lowest BCUT2D eigenvalue weighted by atomic mass is 9.77. The Morgan fingerprint density at radius 3 is 2.37 bits per heavy atom. The first-order valence-corrected chi connectivity index (χ1v) is 13.4. The molecule has 0 aromatic heterocycles. The van der Waals surface area contributed by atoms with Gasteiger partial charge in [0.15, 0.2) is 5.79 Å². The van der Waals surface area contributed by atoms with Crippen molar-refractivity contribution in [2.45, 2.75) is 85.0 Å². The number of amides is 2. The van der Waals surface area contributed by atoms with Gasteiger partial charge in [0.25, 0.3) is 0 Å². The average molecular weight is 530 g/mol. The molecule has 1 aromatic carbocycles. The van der Waals surface area contributed by atoms with Crippen molar-refractivity contribution in [3.05, 3.63) is 48.0 Å². The molecular weight excluding hydrogens is 486 g/mol. The third kappa shape index (κ3) is 6.35. The number of hydrogen-bond acceptors (Lipinski definition) is 7. The Morgan fingerprint density at radius 1 is 1.16 bits per heavy atom. The number of cyclic esters (lactones) is 1. The fourth-order valence-corrected chi connectivity index (χ4v) is 5.90. The summed E-state index contributed by atoms with van der Waals surface area (Å²) in [7, 11) is 1.57. The fourth-order valence-electron chi connectivity index (χ4n) is 5.90. The summed E-state index contributed by atoms with van der Waals surface area (Å²) < 4.78 is 23.5. The first kappa shape index (κ1) is 30.0. The third-order valence-corrected chi connectivity index (χ3v) is 7.87. The SMILES string of the molecule is C=C(C)[C@@H]1OC(C)(C)O[C@@H]([C@H](C)[C@H](OC)[C@@H](C)C(=O)[C@H](C)C(=O)N2C(=O)OC[C@@H]2Cc2ccccc2)[C@@H]1C. The van der Waals surface area contributed by atoms with Gasteiger partial charge in [-0.1, -0.05) is 63.3 Å². The van der Waals surface area contributed by atoms with E-state index in [0.717, 1.165) is 16.0 Å². The molecule has 8 heteroatoms.